The second-order valence-corrected chi connectivity index (χ2v) is 11.0. The number of fused-ring (bicyclic) bond motifs is 1. The standard InChI is InChI=1S/C24H30FNO2S.ClH/c1-18(2)20-6-4-19(5-7-20)16-29(27,28)23-10-8-21(9-11-23)24-14-22(24)15-26(17-24)13-3-12-25;/h4-11,18,22H,3,12-17H2,1-2H3;1H/t22-,24?;/m1./s1. The molecular formula is C24H31ClFNO2S. The summed E-state index contributed by atoms with van der Waals surface area (Å²) in [5.74, 6) is 1.08. The predicted molar refractivity (Wildman–Crippen MR) is 122 cm³/mol. The van der Waals surface area contributed by atoms with E-state index < -0.39 is 9.84 Å². The first-order valence-electron chi connectivity index (χ1n) is 10.5. The van der Waals surface area contributed by atoms with Crippen molar-refractivity contribution in [1.82, 2.24) is 4.90 Å². The number of sulfone groups is 1. The van der Waals surface area contributed by atoms with Crippen molar-refractivity contribution in [3.8, 4) is 0 Å². The summed E-state index contributed by atoms with van der Waals surface area (Å²) in [5.41, 5.74) is 3.42. The molecule has 6 heteroatoms. The van der Waals surface area contributed by atoms with Crippen molar-refractivity contribution < 1.29 is 12.8 Å². The summed E-state index contributed by atoms with van der Waals surface area (Å²) in [4.78, 5) is 2.73. The number of benzene rings is 2. The molecule has 3 nitrogen and oxygen atoms in total. The van der Waals surface area contributed by atoms with Crippen LogP contribution in [0.25, 0.3) is 0 Å². The van der Waals surface area contributed by atoms with Gasteiger partial charge in [-0.3, -0.25) is 4.39 Å². The summed E-state index contributed by atoms with van der Waals surface area (Å²) in [7, 11) is -3.37. The van der Waals surface area contributed by atoms with Gasteiger partial charge in [0.05, 0.1) is 17.3 Å². The lowest BCUT2D eigenvalue weighted by Crippen LogP contribution is -2.27. The van der Waals surface area contributed by atoms with Crippen molar-refractivity contribution in [2.45, 2.75) is 48.7 Å². The summed E-state index contributed by atoms with van der Waals surface area (Å²) >= 11 is 0. The summed E-state index contributed by atoms with van der Waals surface area (Å²) in [6, 6.07) is 15.4. The Morgan fingerprint density at radius 1 is 1.10 bits per heavy atom. The van der Waals surface area contributed by atoms with Crippen LogP contribution < -0.4 is 0 Å². The molecule has 2 fully saturated rings. The molecule has 0 amide bonds. The van der Waals surface area contributed by atoms with Gasteiger partial charge in [0.25, 0.3) is 0 Å². The van der Waals surface area contributed by atoms with Gasteiger partial charge in [-0.15, -0.1) is 12.4 Å². The molecule has 2 aromatic carbocycles. The summed E-state index contributed by atoms with van der Waals surface area (Å²) in [6.07, 6.45) is 1.76. The third-order valence-corrected chi connectivity index (χ3v) is 8.32. The molecule has 30 heavy (non-hydrogen) atoms. The van der Waals surface area contributed by atoms with Crippen molar-refractivity contribution in [3.05, 3.63) is 65.2 Å². The molecule has 164 valence electrons. The van der Waals surface area contributed by atoms with E-state index in [4.69, 9.17) is 0 Å². The lowest BCUT2D eigenvalue weighted by atomic mass is 9.95. The largest absolute Gasteiger partial charge is 0.302 e. The highest BCUT2D eigenvalue weighted by Gasteiger charge is 2.60. The molecule has 4 rings (SSSR count). The van der Waals surface area contributed by atoms with Gasteiger partial charge >= 0.3 is 0 Å². The fourth-order valence-corrected chi connectivity index (χ4v) is 6.13. The van der Waals surface area contributed by atoms with Crippen LogP contribution in [0.5, 0.6) is 0 Å². The third kappa shape index (κ3) is 4.58. The fraction of sp³-hybridized carbons (Fsp3) is 0.500. The van der Waals surface area contributed by atoms with Gasteiger partial charge in [-0.2, -0.15) is 0 Å². The maximum atomic E-state index is 12.9. The Bertz CT molecular complexity index is 960. The van der Waals surface area contributed by atoms with Crippen LogP contribution in [-0.4, -0.2) is 39.6 Å². The predicted octanol–water partition coefficient (Wildman–Crippen LogP) is 5.14. The Labute approximate surface area is 186 Å². The Morgan fingerprint density at radius 2 is 1.77 bits per heavy atom. The Morgan fingerprint density at radius 3 is 2.37 bits per heavy atom. The molecule has 1 saturated carbocycles. The average Bonchev–Trinajstić information content (AvgIpc) is 3.28. The monoisotopic (exact) mass is 451 g/mol. The van der Waals surface area contributed by atoms with Crippen molar-refractivity contribution in [1.29, 1.82) is 0 Å². The first-order chi connectivity index (χ1) is 13.8. The van der Waals surface area contributed by atoms with E-state index in [-0.39, 0.29) is 30.2 Å². The van der Waals surface area contributed by atoms with Gasteiger partial charge < -0.3 is 4.90 Å². The zero-order valence-electron chi connectivity index (χ0n) is 17.7. The van der Waals surface area contributed by atoms with E-state index in [2.05, 4.69) is 18.7 Å². The van der Waals surface area contributed by atoms with Crippen molar-refractivity contribution in [2.24, 2.45) is 5.92 Å². The van der Waals surface area contributed by atoms with E-state index in [1.165, 1.54) is 11.1 Å². The molecule has 1 saturated heterocycles. The van der Waals surface area contributed by atoms with Crippen LogP contribution >= 0.6 is 12.4 Å². The molecule has 0 radical (unpaired) electrons. The number of halogens is 2. The van der Waals surface area contributed by atoms with E-state index in [0.29, 0.717) is 23.2 Å². The first-order valence-corrected chi connectivity index (χ1v) is 12.2. The van der Waals surface area contributed by atoms with Crippen molar-refractivity contribution in [3.63, 3.8) is 0 Å². The highest BCUT2D eigenvalue weighted by molar-refractivity contribution is 7.90. The highest BCUT2D eigenvalue weighted by atomic mass is 35.5. The molecule has 2 aromatic rings. The molecule has 0 N–H and O–H groups in total. The molecule has 0 bridgehead atoms. The topological polar surface area (TPSA) is 37.4 Å². The smallest absolute Gasteiger partial charge is 0.182 e. The zero-order valence-corrected chi connectivity index (χ0v) is 19.3. The van der Waals surface area contributed by atoms with E-state index in [0.717, 1.165) is 31.6 Å². The van der Waals surface area contributed by atoms with Crippen LogP contribution in [0.15, 0.2) is 53.4 Å². The SMILES string of the molecule is CC(C)c1ccc(CS(=O)(=O)c2ccc(C34C[C@@H]3CN(CCCF)C4)cc2)cc1.Cl. The van der Waals surface area contributed by atoms with Crippen molar-refractivity contribution >= 4 is 22.2 Å². The van der Waals surface area contributed by atoms with Crippen LogP contribution in [0, 0.1) is 5.92 Å². The minimum atomic E-state index is -3.37. The van der Waals surface area contributed by atoms with E-state index >= 15 is 0 Å². The molecule has 1 aliphatic heterocycles. The number of rotatable bonds is 8. The quantitative estimate of drug-likeness (QED) is 0.557. The number of piperidine rings is 1. The van der Waals surface area contributed by atoms with Crippen LogP contribution in [0.1, 0.15) is 49.3 Å². The maximum Gasteiger partial charge on any atom is 0.182 e. The Hall–Kier alpha value is -1.43. The molecule has 0 aromatic heterocycles. The molecule has 1 aliphatic carbocycles. The van der Waals surface area contributed by atoms with Crippen LogP contribution in [-0.2, 0) is 21.0 Å². The lowest BCUT2D eigenvalue weighted by molar-refractivity contribution is 0.280. The van der Waals surface area contributed by atoms with E-state index in [9.17, 15) is 12.8 Å². The van der Waals surface area contributed by atoms with Gasteiger partial charge in [0.15, 0.2) is 9.84 Å². The van der Waals surface area contributed by atoms with E-state index in [1.807, 2.05) is 36.4 Å². The van der Waals surface area contributed by atoms with Gasteiger partial charge in [-0.1, -0.05) is 50.2 Å². The van der Waals surface area contributed by atoms with Crippen LogP contribution in [0.4, 0.5) is 4.39 Å². The second-order valence-electron chi connectivity index (χ2n) is 9.01. The lowest BCUT2D eigenvalue weighted by Gasteiger charge is -2.20. The highest BCUT2D eigenvalue weighted by Crippen LogP contribution is 2.59. The second kappa shape index (κ2) is 8.97. The third-order valence-electron chi connectivity index (χ3n) is 6.62. The minimum Gasteiger partial charge on any atom is -0.302 e. The summed E-state index contributed by atoms with van der Waals surface area (Å²) in [5, 5.41) is 0. The number of hydrogen-bond acceptors (Lipinski definition) is 3. The molecule has 0 spiro atoms. The van der Waals surface area contributed by atoms with E-state index in [1.54, 1.807) is 12.1 Å². The van der Waals surface area contributed by atoms with Gasteiger partial charge in [-0.25, -0.2) is 8.42 Å². The Kier molecular flexibility index (Phi) is 6.95. The number of nitrogens with zero attached hydrogens (tertiary/aromatic N) is 1. The van der Waals surface area contributed by atoms with Gasteiger partial charge in [-0.05, 0) is 53.5 Å². The number of alkyl halides is 1. The van der Waals surface area contributed by atoms with Gasteiger partial charge in [0, 0.05) is 25.0 Å². The Balaban J connectivity index is 0.00000256. The average molecular weight is 452 g/mol. The summed E-state index contributed by atoms with van der Waals surface area (Å²) in [6.45, 7) is 6.81. The number of likely N-dealkylation sites (tertiary alicyclic amines) is 1. The van der Waals surface area contributed by atoms with Crippen molar-refractivity contribution in [2.75, 3.05) is 26.3 Å². The number of hydrogen-bond donors (Lipinski definition) is 0. The van der Waals surface area contributed by atoms with Gasteiger partial charge in [0.1, 0.15) is 0 Å². The molecule has 2 atom stereocenters. The molecule has 1 heterocycles. The fourth-order valence-electron chi connectivity index (χ4n) is 4.78. The maximum absolute atomic E-state index is 12.9. The van der Waals surface area contributed by atoms with Gasteiger partial charge in [0.2, 0.25) is 0 Å². The van der Waals surface area contributed by atoms with Crippen LogP contribution in [0.3, 0.4) is 0 Å². The zero-order chi connectivity index (χ0) is 20.6. The minimum absolute atomic E-state index is 0. The summed E-state index contributed by atoms with van der Waals surface area (Å²) < 4.78 is 38.2. The molecule has 1 unspecified atom stereocenters. The normalized spacial score (nSPS) is 23.3. The molecule has 2 aliphatic rings. The molecular weight excluding hydrogens is 421 g/mol. The first kappa shape index (κ1) is 23.2. The van der Waals surface area contributed by atoms with Crippen LogP contribution in [0.2, 0.25) is 0 Å².